The molecule has 1 aromatic carbocycles. The van der Waals surface area contributed by atoms with Crippen molar-refractivity contribution in [1.82, 2.24) is 20.1 Å². The van der Waals surface area contributed by atoms with Gasteiger partial charge in [-0.1, -0.05) is 18.2 Å². The lowest BCUT2D eigenvalue weighted by atomic mass is 9.95. The van der Waals surface area contributed by atoms with Gasteiger partial charge in [-0.05, 0) is 37.3 Å². The lowest BCUT2D eigenvalue weighted by Gasteiger charge is -2.36. The number of nitrogens with one attached hydrogen (secondary N) is 2. The van der Waals surface area contributed by atoms with Crippen LogP contribution in [0.1, 0.15) is 24.8 Å². The van der Waals surface area contributed by atoms with Crippen LogP contribution >= 0.6 is 24.0 Å². The summed E-state index contributed by atoms with van der Waals surface area (Å²) in [6.07, 6.45) is 5.99. The minimum atomic E-state index is 0. The maximum absolute atomic E-state index is 12.7. The number of fused-ring (bicyclic) bond motifs is 1. The molecule has 2 aliphatic heterocycles. The molecule has 31 heavy (non-hydrogen) atoms. The number of piperidine rings is 1. The molecule has 1 aromatic heterocycles. The Bertz CT molecular complexity index is 870. The SMILES string of the molecule is CN=C(NCCCc1c[nH]c2ccccc12)N1CCC(C(=O)N2CCOCC2)CC1.I. The van der Waals surface area contributed by atoms with Gasteiger partial charge >= 0.3 is 0 Å². The third-order valence-corrected chi connectivity index (χ3v) is 6.26. The van der Waals surface area contributed by atoms with Gasteiger partial charge in [0.25, 0.3) is 0 Å². The number of H-pyrrole nitrogens is 1. The number of aromatic amines is 1. The normalized spacial score (nSPS) is 18.2. The van der Waals surface area contributed by atoms with E-state index >= 15 is 0 Å². The molecule has 0 saturated carbocycles. The minimum Gasteiger partial charge on any atom is -0.378 e. The van der Waals surface area contributed by atoms with Crippen molar-refractivity contribution in [1.29, 1.82) is 0 Å². The average molecular weight is 539 g/mol. The second-order valence-electron chi connectivity index (χ2n) is 8.14. The fourth-order valence-corrected chi connectivity index (χ4v) is 4.53. The van der Waals surface area contributed by atoms with E-state index in [0.717, 1.165) is 64.4 Å². The summed E-state index contributed by atoms with van der Waals surface area (Å²) in [6.45, 7) is 5.45. The first-order valence-corrected chi connectivity index (χ1v) is 11.1. The fraction of sp³-hybridized carbons (Fsp3) is 0.565. The summed E-state index contributed by atoms with van der Waals surface area (Å²) < 4.78 is 5.36. The standard InChI is InChI=1S/C23H33N5O2.HI/c1-24-23(25-10-4-5-19-17-26-21-7-3-2-6-20(19)21)28-11-8-18(9-12-28)22(29)27-13-15-30-16-14-27;/h2-3,6-7,17-18,26H,4-5,8-16H2,1H3,(H,24,25);1H. The summed E-state index contributed by atoms with van der Waals surface area (Å²) in [5, 5.41) is 4.82. The summed E-state index contributed by atoms with van der Waals surface area (Å²) in [7, 11) is 1.84. The first-order chi connectivity index (χ1) is 14.8. The summed E-state index contributed by atoms with van der Waals surface area (Å²) in [6, 6.07) is 8.45. The van der Waals surface area contributed by atoms with Gasteiger partial charge in [0.15, 0.2) is 5.96 Å². The van der Waals surface area contributed by atoms with Gasteiger partial charge in [0.05, 0.1) is 13.2 Å². The van der Waals surface area contributed by atoms with Gasteiger partial charge in [-0.3, -0.25) is 9.79 Å². The molecule has 7 nitrogen and oxygen atoms in total. The number of aryl methyl sites for hydroxylation is 1. The summed E-state index contributed by atoms with van der Waals surface area (Å²) in [4.78, 5) is 24.8. The van der Waals surface area contributed by atoms with Gasteiger partial charge in [-0.2, -0.15) is 0 Å². The molecule has 2 N–H and O–H groups in total. The number of aliphatic imine (C=N–C) groups is 1. The van der Waals surface area contributed by atoms with Gasteiger partial charge in [0.2, 0.25) is 5.91 Å². The number of likely N-dealkylation sites (tertiary alicyclic amines) is 1. The molecule has 2 aromatic rings. The number of carbonyl (C=O) groups is 1. The predicted octanol–water partition coefficient (Wildman–Crippen LogP) is 2.86. The number of amides is 1. The van der Waals surface area contributed by atoms with Crippen LogP contribution in [0.2, 0.25) is 0 Å². The first-order valence-electron chi connectivity index (χ1n) is 11.1. The van der Waals surface area contributed by atoms with E-state index in [4.69, 9.17) is 4.74 Å². The van der Waals surface area contributed by atoms with E-state index in [-0.39, 0.29) is 29.9 Å². The molecule has 1 amide bonds. The molecule has 8 heteroatoms. The molecule has 170 valence electrons. The lowest BCUT2D eigenvalue weighted by Crippen LogP contribution is -2.50. The number of carbonyl (C=O) groups excluding carboxylic acids is 1. The van der Waals surface area contributed by atoms with Crippen molar-refractivity contribution in [3.63, 3.8) is 0 Å². The predicted molar refractivity (Wildman–Crippen MR) is 135 cm³/mol. The molecule has 2 saturated heterocycles. The summed E-state index contributed by atoms with van der Waals surface area (Å²) in [5.41, 5.74) is 2.57. The van der Waals surface area contributed by atoms with Gasteiger partial charge in [-0.25, -0.2) is 0 Å². The van der Waals surface area contributed by atoms with Gasteiger partial charge < -0.3 is 24.8 Å². The number of morpholine rings is 1. The fourth-order valence-electron chi connectivity index (χ4n) is 4.53. The third-order valence-electron chi connectivity index (χ3n) is 6.26. The molecule has 4 rings (SSSR count). The number of nitrogens with zero attached hydrogens (tertiary/aromatic N) is 3. The Morgan fingerprint density at radius 2 is 1.90 bits per heavy atom. The zero-order valence-corrected chi connectivity index (χ0v) is 20.6. The number of hydrogen-bond donors (Lipinski definition) is 2. The van der Waals surface area contributed by atoms with E-state index in [1.807, 2.05) is 11.9 Å². The number of benzene rings is 1. The highest BCUT2D eigenvalue weighted by Crippen LogP contribution is 2.21. The first kappa shape index (κ1) is 23.8. The van der Waals surface area contributed by atoms with Gasteiger partial charge in [-0.15, -0.1) is 24.0 Å². The smallest absolute Gasteiger partial charge is 0.225 e. The highest BCUT2D eigenvalue weighted by molar-refractivity contribution is 14.0. The Kier molecular flexibility index (Phi) is 9.01. The highest BCUT2D eigenvalue weighted by atomic mass is 127. The van der Waals surface area contributed by atoms with Crippen molar-refractivity contribution in [2.75, 3.05) is 53.0 Å². The lowest BCUT2D eigenvalue weighted by molar-refractivity contribution is -0.140. The monoisotopic (exact) mass is 539 g/mol. The van der Waals surface area contributed by atoms with Crippen LogP contribution in [0.15, 0.2) is 35.5 Å². The topological polar surface area (TPSA) is 73.0 Å². The number of aromatic nitrogens is 1. The van der Waals surface area contributed by atoms with E-state index in [1.165, 1.54) is 16.5 Å². The van der Waals surface area contributed by atoms with Crippen molar-refractivity contribution in [2.45, 2.75) is 25.7 Å². The number of para-hydroxylation sites is 1. The molecule has 2 aliphatic rings. The molecule has 0 atom stereocenters. The molecule has 0 unspecified atom stereocenters. The average Bonchev–Trinajstić information content (AvgIpc) is 3.22. The molecule has 2 fully saturated rings. The van der Waals surface area contributed by atoms with Crippen molar-refractivity contribution in [3.8, 4) is 0 Å². The summed E-state index contributed by atoms with van der Waals surface area (Å²) in [5.74, 6) is 1.39. The molecule has 0 radical (unpaired) electrons. The molecule has 0 spiro atoms. The Balaban J connectivity index is 0.00000272. The molecule has 3 heterocycles. The second-order valence-corrected chi connectivity index (χ2v) is 8.14. The van der Waals surface area contributed by atoms with Crippen molar-refractivity contribution >= 4 is 46.7 Å². The number of guanidine groups is 1. The zero-order valence-electron chi connectivity index (χ0n) is 18.3. The molecular weight excluding hydrogens is 505 g/mol. The van der Waals surface area contributed by atoms with Gasteiger partial charge in [0, 0.05) is 62.8 Å². The van der Waals surface area contributed by atoms with Crippen molar-refractivity contribution < 1.29 is 9.53 Å². The maximum atomic E-state index is 12.7. The largest absolute Gasteiger partial charge is 0.378 e. The molecular formula is C23H34IN5O2. The van der Waals surface area contributed by atoms with Crippen LogP contribution in [0.4, 0.5) is 0 Å². The third kappa shape index (κ3) is 5.91. The van der Waals surface area contributed by atoms with Crippen molar-refractivity contribution in [2.24, 2.45) is 10.9 Å². The Hall–Kier alpha value is -1.81. The Labute approximate surface area is 201 Å². The van der Waals surface area contributed by atoms with Crippen LogP contribution in [-0.2, 0) is 16.0 Å². The Morgan fingerprint density at radius 1 is 1.16 bits per heavy atom. The number of hydrogen-bond acceptors (Lipinski definition) is 3. The molecule has 0 aliphatic carbocycles. The van der Waals surface area contributed by atoms with Crippen LogP contribution < -0.4 is 5.32 Å². The zero-order chi connectivity index (χ0) is 20.8. The maximum Gasteiger partial charge on any atom is 0.225 e. The van der Waals surface area contributed by atoms with Crippen molar-refractivity contribution in [3.05, 3.63) is 36.0 Å². The van der Waals surface area contributed by atoms with Crippen LogP contribution in [0.5, 0.6) is 0 Å². The highest BCUT2D eigenvalue weighted by Gasteiger charge is 2.30. The molecule has 0 bridgehead atoms. The van der Waals surface area contributed by atoms with E-state index in [0.29, 0.717) is 19.1 Å². The van der Waals surface area contributed by atoms with E-state index in [1.54, 1.807) is 0 Å². The van der Waals surface area contributed by atoms with Crippen LogP contribution in [0, 0.1) is 5.92 Å². The number of rotatable bonds is 5. The summed E-state index contributed by atoms with van der Waals surface area (Å²) >= 11 is 0. The Morgan fingerprint density at radius 3 is 2.65 bits per heavy atom. The van der Waals surface area contributed by atoms with E-state index < -0.39 is 0 Å². The van der Waals surface area contributed by atoms with Gasteiger partial charge in [0.1, 0.15) is 0 Å². The van der Waals surface area contributed by atoms with Crippen LogP contribution in [0.3, 0.4) is 0 Å². The quantitative estimate of drug-likeness (QED) is 0.266. The number of ether oxygens (including phenoxy) is 1. The van der Waals surface area contributed by atoms with Crippen LogP contribution in [0.25, 0.3) is 10.9 Å². The second kappa shape index (κ2) is 11.7. The van der Waals surface area contributed by atoms with Crippen LogP contribution in [-0.4, -0.2) is 79.6 Å². The van der Waals surface area contributed by atoms with E-state index in [9.17, 15) is 4.79 Å². The minimum absolute atomic E-state index is 0. The number of halogens is 1. The van der Waals surface area contributed by atoms with E-state index in [2.05, 4.69) is 50.7 Å².